The van der Waals surface area contributed by atoms with Crippen LogP contribution in [0.5, 0.6) is 0 Å². The highest BCUT2D eigenvalue weighted by Gasteiger charge is 2.12. The van der Waals surface area contributed by atoms with E-state index in [9.17, 15) is 4.79 Å². The molecule has 0 bridgehead atoms. The average Bonchev–Trinajstić information content (AvgIpc) is 3.20. The van der Waals surface area contributed by atoms with Gasteiger partial charge in [-0.1, -0.05) is 47.7 Å². The van der Waals surface area contributed by atoms with Gasteiger partial charge in [-0.3, -0.25) is 4.79 Å². The summed E-state index contributed by atoms with van der Waals surface area (Å²) in [5, 5.41) is 10.1. The first-order valence-electron chi connectivity index (χ1n) is 9.20. The van der Waals surface area contributed by atoms with Gasteiger partial charge in [-0.2, -0.15) is 0 Å². The third-order valence-corrected chi connectivity index (χ3v) is 5.10. The van der Waals surface area contributed by atoms with E-state index >= 15 is 0 Å². The highest BCUT2D eigenvalue weighted by Crippen LogP contribution is 2.20. The van der Waals surface area contributed by atoms with Gasteiger partial charge in [0.25, 0.3) is 0 Å². The third-order valence-electron chi connectivity index (χ3n) is 5.10. The second-order valence-corrected chi connectivity index (χ2v) is 6.89. The maximum absolute atomic E-state index is 12.9. The van der Waals surface area contributed by atoms with Crippen molar-refractivity contribution in [1.29, 1.82) is 0 Å². The van der Waals surface area contributed by atoms with Crippen LogP contribution in [0.25, 0.3) is 27.5 Å². The summed E-state index contributed by atoms with van der Waals surface area (Å²) < 4.78 is 3.94. The lowest BCUT2D eigenvalue weighted by molar-refractivity contribution is 0.779. The fourth-order valence-electron chi connectivity index (χ4n) is 3.72. The number of nitrogens with zero attached hydrogens (tertiary/aromatic N) is 4. The van der Waals surface area contributed by atoms with Crippen molar-refractivity contribution < 1.29 is 0 Å². The van der Waals surface area contributed by atoms with Gasteiger partial charge in [0.15, 0.2) is 5.43 Å². The molecular formula is C23H18N4O. The minimum Gasteiger partial charge on any atom is -0.334 e. The van der Waals surface area contributed by atoms with E-state index in [0.717, 1.165) is 28.0 Å². The van der Waals surface area contributed by atoms with Gasteiger partial charge < -0.3 is 4.57 Å². The van der Waals surface area contributed by atoms with Crippen LogP contribution in [-0.2, 0) is 6.54 Å². The molecule has 5 rings (SSSR count). The van der Waals surface area contributed by atoms with Crippen LogP contribution in [0.1, 0.15) is 11.3 Å². The number of fused-ring (bicyclic) bond motifs is 2. The Bertz CT molecular complexity index is 1320. The van der Waals surface area contributed by atoms with Crippen molar-refractivity contribution in [2.75, 3.05) is 0 Å². The maximum Gasteiger partial charge on any atom is 0.197 e. The molecule has 0 aliphatic heterocycles. The van der Waals surface area contributed by atoms with Gasteiger partial charge in [-0.15, -0.1) is 5.10 Å². The zero-order valence-corrected chi connectivity index (χ0v) is 15.4. The molecule has 0 aliphatic carbocycles. The lowest BCUT2D eigenvalue weighted by Crippen LogP contribution is -2.12. The number of para-hydroxylation sites is 3. The second-order valence-electron chi connectivity index (χ2n) is 6.89. The Kier molecular flexibility index (Phi) is 3.79. The molecule has 2 aromatic heterocycles. The van der Waals surface area contributed by atoms with Gasteiger partial charge in [0, 0.05) is 10.8 Å². The van der Waals surface area contributed by atoms with Crippen LogP contribution in [0, 0.1) is 6.92 Å². The number of aromatic nitrogens is 4. The van der Waals surface area contributed by atoms with Crippen molar-refractivity contribution in [3.63, 3.8) is 0 Å². The zero-order chi connectivity index (χ0) is 19.1. The molecule has 0 saturated heterocycles. The van der Waals surface area contributed by atoms with E-state index in [-0.39, 0.29) is 5.43 Å². The van der Waals surface area contributed by atoms with Crippen molar-refractivity contribution in [2.24, 2.45) is 0 Å². The molecule has 0 amide bonds. The van der Waals surface area contributed by atoms with E-state index in [1.54, 1.807) is 4.68 Å². The van der Waals surface area contributed by atoms with Crippen molar-refractivity contribution in [1.82, 2.24) is 19.6 Å². The first-order valence-corrected chi connectivity index (χ1v) is 9.20. The number of rotatable bonds is 3. The van der Waals surface area contributed by atoms with Crippen LogP contribution < -0.4 is 5.43 Å². The first kappa shape index (κ1) is 16.4. The van der Waals surface area contributed by atoms with Crippen molar-refractivity contribution in [3.8, 4) is 5.69 Å². The van der Waals surface area contributed by atoms with Crippen LogP contribution in [0.2, 0.25) is 0 Å². The van der Waals surface area contributed by atoms with E-state index in [0.29, 0.717) is 17.3 Å². The molecule has 0 unspecified atom stereocenters. The van der Waals surface area contributed by atoms with Gasteiger partial charge in [0.2, 0.25) is 0 Å². The Labute approximate surface area is 161 Å². The number of hydrogen-bond acceptors (Lipinski definition) is 3. The molecule has 0 saturated carbocycles. The summed E-state index contributed by atoms with van der Waals surface area (Å²) >= 11 is 0. The fraction of sp³-hybridized carbons (Fsp3) is 0.0870. The van der Waals surface area contributed by atoms with E-state index in [2.05, 4.69) is 27.9 Å². The number of hydrogen-bond donors (Lipinski definition) is 0. The van der Waals surface area contributed by atoms with E-state index in [1.165, 1.54) is 0 Å². The second kappa shape index (κ2) is 6.46. The monoisotopic (exact) mass is 366 g/mol. The minimum absolute atomic E-state index is 0.0611. The molecule has 0 fully saturated rings. The Morgan fingerprint density at radius 1 is 0.821 bits per heavy atom. The van der Waals surface area contributed by atoms with Gasteiger partial charge >= 0.3 is 0 Å². The molecule has 136 valence electrons. The zero-order valence-electron chi connectivity index (χ0n) is 15.4. The first-order chi connectivity index (χ1) is 13.7. The maximum atomic E-state index is 12.9. The normalized spacial score (nSPS) is 11.3. The predicted octanol–water partition coefficient (Wildman–Crippen LogP) is 4.09. The van der Waals surface area contributed by atoms with Crippen molar-refractivity contribution in [3.05, 3.63) is 100 Å². The lowest BCUT2D eigenvalue weighted by atomic mass is 10.1. The standard InChI is InChI=1S/C23H18N4O/c1-16-8-2-5-11-20(16)27-15-17(24-25-27)14-26-21-12-6-3-9-18(21)23(28)19-10-4-7-13-22(19)26/h2-13,15H,14H2,1H3. The largest absolute Gasteiger partial charge is 0.334 e. The summed E-state index contributed by atoms with van der Waals surface area (Å²) in [6.45, 7) is 2.59. The van der Waals surface area contributed by atoms with Crippen molar-refractivity contribution in [2.45, 2.75) is 13.5 Å². The van der Waals surface area contributed by atoms with Crippen LogP contribution in [-0.4, -0.2) is 19.6 Å². The van der Waals surface area contributed by atoms with E-state index < -0.39 is 0 Å². The van der Waals surface area contributed by atoms with Crippen LogP contribution in [0.3, 0.4) is 0 Å². The number of benzene rings is 3. The summed E-state index contributed by atoms with van der Waals surface area (Å²) in [4.78, 5) is 12.9. The summed E-state index contributed by atoms with van der Waals surface area (Å²) in [5.41, 5.74) is 4.84. The SMILES string of the molecule is Cc1ccccc1-n1cc(Cn2c3ccccc3c(=O)c3ccccc32)nn1. The Hall–Kier alpha value is -3.73. The molecular weight excluding hydrogens is 348 g/mol. The lowest BCUT2D eigenvalue weighted by Gasteiger charge is -2.13. The van der Waals surface area contributed by atoms with E-state index in [1.807, 2.05) is 72.9 Å². The molecule has 5 aromatic rings. The molecule has 0 aliphatic rings. The van der Waals surface area contributed by atoms with Crippen LogP contribution in [0.15, 0.2) is 83.8 Å². The Balaban J connectivity index is 1.67. The van der Waals surface area contributed by atoms with Crippen LogP contribution in [0.4, 0.5) is 0 Å². The summed E-state index contributed by atoms with van der Waals surface area (Å²) in [7, 11) is 0. The molecule has 3 aromatic carbocycles. The summed E-state index contributed by atoms with van der Waals surface area (Å²) in [6, 6.07) is 23.5. The summed E-state index contributed by atoms with van der Waals surface area (Å²) in [6.07, 6.45) is 1.95. The molecule has 0 radical (unpaired) electrons. The molecule has 2 heterocycles. The Morgan fingerprint density at radius 2 is 1.43 bits per heavy atom. The molecule has 28 heavy (non-hydrogen) atoms. The average molecular weight is 366 g/mol. The molecule has 0 atom stereocenters. The molecule has 0 spiro atoms. The highest BCUT2D eigenvalue weighted by molar-refractivity contribution is 5.93. The smallest absolute Gasteiger partial charge is 0.197 e. The molecule has 5 nitrogen and oxygen atoms in total. The summed E-state index contributed by atoms with van der Waals surface area (Å²) in [5.74, 6) is 0. The van der Waals surface area contributed by atoms with Gasteiger partial charge in [-0.05, 0) is 42.8 Å². The molecule has 0 N–H and O–H groups in total. The Morgan fingerprint density at radius 3 is 2.11 bits per heavy atom. The van der Waals surface area contributed by atoms with Gasteiger partial charge in [0.1, 0.15) is 5.69 Å². The van der Waals surface area contributed by atoms with Gasteiger partial charge in [-0.25, -0.2) is 4.68 Å². The van der Waals surface area contributed by atoms with Crippen molar-refractivity contribution >= 4 is 21.8 Å². The topological polar surface area (TPSA) is 52.7 Å². The highest BCUT2D eigenvalue weighted by atomic mass is 16.1. The quantitative estimate of drug-likeness (QED) is 0.452. The third kappa shape index (κ3) is 2.60. The number of pyridine rings is 1. The molecule has 5 heteroatoms. The van der Waals surface area contributed by atoms with E-state index in [4.69, 9.17) is 0 Å². The fourth-order valence-corrected chi connectivity index (χ4v) is 3.72. The van der Waals surface area contributed by atoms with Crippen LogP contribution >= 0.6 is 0 Å². The van der Waals surface area contributed by atoms with Gasteiger partial charge in [0.05, 0.1) is 29.5 Å². The minimum atomic E-state index is 0.0611. The number of aryl methyl sites for hydroxylation is 1. The predicted molar refractivity (Wildman–Crippen MR) is 111 cm³/mol.